The van der Waals surface area contributed by atoms with Gasteiger partial charge in [0.25, 0.3) is 0 Å². The van der Waals surface area contributed by atoms with Crippen LogP contribution in [-0.2, 0) is 9.59 Å². The van der Waals surface area contributed by atoms with Gasteiger partial charge in [-0.25, -0.2) is 10.9 Å². The standard InChI is InChI=1S/C20H22N4O2/c1-15(17-9-5-3-6-10-17)21-23-19(25)13-14-20(26)24-22-16(2)18-11-7-4-8-12-18/h3-12H,13-14H2,1-2H3,(H,23,25)(H,24,26)/b21-15-,22-16+. The summed E-state index contributed by atoms with van der Waals surface area (Å²) in [6.07, 6.45) is 0.0780. The van der Waals surface area contributed by atoms with Crippen molar-refractivity contribution in [2.45, 2.75) is 26.7 Å². The summed E-state index contributed by atoms with van der Waals surface area (Å²) in [4.78, 5) is 23.6. The summed E-state index contributed by atoms with van der Waals surface area (Å²) >= 11 is 0. The maximum Gasteiger partial charge on any atom is 0.240 e. The van der Waals surface area contributed by atoms with Crippen LogP contribution in [0, 0.1) is 0 Å². The van der Waals surface area contributed by atoms with Crippen LogP contribution in [0.4, 0.5) is 0 Å². The van der Waals surface area contributed by atoms with Crippen LogP contribution in [0.5, 0.6) is 0 Å². The van der Waals surface area contributed by atoms with E-state index in [2.05, 4.69) is 21.1 Å². The van der Waals surface area contributed by atoms with Crippen LogP contribution in [0.3, 0.4) is 0 Å². The maximum atomic E-state index is 11.8. The molecule has 2 amide bonds. The van der Waals surface area contributed by atoms with E-state index in [0.717, 1.165) is 11.1 Å². The Hall–Kier alpha value is -3.28. The molecule has 0 aliphatic rings. The molecule has 2 aromatic carbocycles. The summed E-state index contributed by atoms with van der Waals surface area (Å²) < 4.78 is 0. The smallest absolute Gasteiger partial charge is 0.240 e. The van der Waals surface area contributed by atoms with Crippen LogP contribution in [0.25, 0.3) is 0 Å². The van der Waals surface area contributed by atoms with Crippen molar-refractivity contribution < 1.29 is 9.59 Å². The lowest BCUT2D eigenvalue weighted by molar-refractivity contribution is -0.126. The maximum absolute atomic E-state index is 11.8. The average Bonchev–Trinajstić information content (AvgIpc) is 2.69. The van der Waals surface area contributed by atoms with E-state index < -0.39 is 0 Å². The molecule has 0 radical (unpaired) electrons. The fraction of sp³-hybridized carbons (Fsp3) is 0.200. The largest absolute Gasteiger partial charge is 0.273 e. The van der Waals surface area contributed by atoms with Gasteiger partial charge in [-0.1, -0.05) is 60.7 Å². The van der Waals surface area contributed by atoms with Crippen LogP contribution >= 0.6 is 0 Å². The van der Waals surface area contributed by atoms with Gasteiger partial charge in [-0.3, -0.25) is 9.59 Å². The zero-order valence-electron chi connectivity index (χ0n) is 14.9. The Labute approximate surface area is 153 Å². The molecule has 2 rings (SSSR count). The molecule has 2 aromatic rings. The van der Waals surface area contributed by atoms with E-state index in [1.54, 1.807) is 0 Å². The van der Waals surface area contributed by atoms with Crippen molar-refractivity contribution in [3.63, 3.8) is 0 Å². The first-order chi connectivity index (χ1) is 12.6. The highest BCUT2D eigenvalue weighted by Crippen LogP contribution is 2.01. The quantitative estimate of drug-likeness (QED) is 0.594. The molecule has 0 atom stereocenters. The number of carbonyl (C=O) groups is 2. The number of rotatable bonds is 7. The molecule has 0 saturated carbocycles. The lowest BCUT2D eigenvalue weighted by Crippen LogP contribution is -2.24. The van der Waals surface area contributed by atoms with Gasteiger partial charge < -0.3 is 0 Å². The molecule has 0 heterocycles. The van der Waals surface area contributed by atoms with Crippen molar-refractivity contribution in [3.8, 4) is 0 Å². The molecule has 26 heavy (non-hydrogen) atoms. The minimum Gasteiger partial charge on any atom is -0.273 e. The molecule has 0 spiro atoms. The highest BCUT2D eigenvalue weighted by Gasteiger charge is 2.06. The molecule has 0 aliphatic carbocycles. The monoisotopic (exact) mass is 350 g/mol. The second kappa shape index (κ2) is 9.88. The molecule has 0 fully saturated rings. The first-order valence-electron chi connectivity index (χ1n) is 8.33. The van der Waals surface area contributed by atoms with E-state index in [1.807, 2.05) is 74.5 Å². The summed E-state index contributed by atoms with van der Waals surface area (Å²) in [5.74, 6) is -0.640. The Kier molecular flexibility index (Phi) is 7.24. The molecule has 0 aliphatic heterocycles. The summed E-state index contributed by atoms with van der Waals surface area (Å²) in [6, 6.07) is 19.1. The molecular weight excluding hydrogens is 328 g/mol. The van der Waals surface area contributed by atoms with Crippen LogP contribution in [0.15, 0.2) is 70.9 Å². The van der Waals surface area contributed by atoms with E-state index in [1.165, 1.54) is 0 Å². The van der Waals surface area contributed by atoms with Crippen molar-refractivity contribution in [3.05, 3.63) is 71.8 Å². The fourth-order valence-corrected chi connectivity index (χ4v) is 2.12. The molecule has 134 valence electrons. The van der Waals surface area contributed by atoms with Crippen molar-refractivity contribution in [1.82, 2.24) is 10.9 Å². The van der Waals surface area contributed by atoms with Gasteiger partial charge in [0.15, 0.2) is 0 Å². The van der Waals surface area contributed by atoms with Gasteiger partial charge in [-0.05, 0) is 25.0 Å². The Balaban J connectivity index is 1.76. The Morgan fingerprint density at radius 1 is 0.692 bits per heavy atom. The first kappa shape index (κ1) is 19.1. The zero-order chi connectivity index (χ0) is 18.8. The number of hydrazone groups is 2. The lowest BCUT2D eigenvalue weighted by Gasteiger charge is -2.04. The Bertz CT molecular complexity index is 730. The molecule has 6 heteroatoms. The van der Waals surface area contributed by atoms with E-state index in [-0.39, 0.29) is 24.7 Å². The normalized spacial score (nSPS) is 11.8. The predicted molar refractivity (Wildman–Crippen MR) is 103 cm³/mol. The number of nitrogens with one attached hydrogen (secondary N) is 2. The van der Waals surface area contributed by atoms with Crippen LogP contribution in [0.1, 0.15) is 37.8 Å². The van der Waals surface area contributed by atoms with Gasteiger partial charge in [0.05, 0.1) is 11.4 Å². The van der Waals surface area contributed by atoms with Gasteiger partial charge in [0.2, 0.25) is 11.8 Å². The molecule has 0 aromatic heterocycles. The van der Waals surface area contributed by atoms with Gasteiger partial charge in [-0.15, -0.1) is 0 Å². The minimum atomic E-state index is -0.320. The van der Waals surface area contributed by atoms with Gasteiger partial charge in [0, 0.05) is 12.8 Å². The third kappa shape index (κ3) is 6.32. The van der Waals surface area contributed by atoms with E-state index in [4.69, 9.17) is 0 Å². The average molecular weight is 350 g/mol. The van der Waals surface area contributed by atoms with E-state index in [9.17, 15) is 9.59 Å². The van der Waals surface area contributed by atoms with Crippen LogP contribution in [-0.4, -0.2) is 23.2 Å². The van der Waals surface area contributed by atoms with Crippen molar-refractivity contribution in [2.75, 3.05) is 0 Å². The molecule has 6 nitrogen and oxygen atoms in total. The fourth-order valence-electron chi connectivity index (χ4n) is 2.12. The number of hydrogen-bond donors (Lipinski definition) is 2. The third-order valence-electron chi connectivity index (χ3n) is 3.66. The number of hydrogen-bond acceptors (Lipinski definition) is 4. The summed E-state index contributed by atoms with van der Waals surface area (Å²) in [7, 11) is 0. The molecular formula is C20H22N4O2. The third-order valence-corrected chi connectivity index (χ3v) is 3.66. The number of nitrogens with zero attached hydrogens (tertiary/aromatic N) is 2. The summed E-state index contributed by atoms with van der Waals surface area (Å²) in [6.45, 7) is 3.62. The number of amides is 2. The molecule has 2 N–H and O–H groups in total. The number of benzene rings is 2. The SMILES string of the molecule is C/C(=N/NC(=O)CCC(=O)N/N=C(\C)c1ccccc1)c1ccccc1. The van der Waals surface area contributed by atoms with Crippen molar-refractivity contribution in [1.29, 1.82) is 0 Å². The van der Waals surface area contributed by atoms with E-state index >= 15 is 0 Å². The predicted octanol–water partition coefficient (Wildman–Crippen LogP) is 2.85. The Morgan fingerprint density at radius 2 is 1.04 bits per heavy atom. The van der Waals surface area contributed by atoms with Gasteiger partial charge in [0.1, 0.15) is 0 Å². The van der Waals surface area contributed by atoms with Gasteiger partial charge >= 0.3 is 0 Å². The van der Waals surface area contributed by atoms with Crippen molar-refractivity contribution >= 4 is 23.2 Å². The highest BCUT2D eigenvalue weighted by molar-refractivity contribution is 6.00. The first-order valence-corrected chi connectivity index (χ1v) is 8.33. The second-order valence-electron chi connectivity index (χ2n) is 5.70. The zero-order valence-corrected chi connectivity index (χ0v) is 14.9. The van der Waals surface area contributed by atoms with E-state index in [0.29, 0.717) is 11.4 Å². The van der Waals surface area contributed by atoms with Gasteiger partial charge in [-0.2, -0.15) is 10.2 Å². The van der Waals surface area contributed by atoms with Crippen molar-refractivity contribution in [2.24, 2.45) is 10.2 Å². The Morgan fingerprint density at radius 3 is 1.38 bits per heavy atom. The topological polar surface area (TPSA) is 82.9 Å². The molecule has 0 bridgehead atoms. The minimum absolute atomic E-state index is 0.0390. The summed E-state index contributed by atoms with van der Waals surface area (Å²) in [5, 5.41) is 8.09. The van der Waals surface area contributed by atoms with Crippen LogP contribution < -0.4 is 10.9 Å². The molecule has 0 unspecified atom stereocenters. The highest BCUT2D eigenvalue weighted by atomic mass is 16.2. The molecule has 0 saturated heterocycles. The second-order valence-corrected chi connectivity index (χ2v) is 5.70. The summed E-state index contributed by atoms with van der Waals surface area (Å²) in [5.41, 5.74) is 8.18. The number of carbonyl (C=O) groups excluding carboxylic acids is 2. The van der Waals surface area contributed by atoms with Crippen LogP contribution in [0.2, 0.25) is 0 Å². The lowest BCUT2D eigenvalue weighted by atomic mass is 10.1.